The Kier molecular flexibility index (Phi) is 4.16. The molecule has 0 spiro atoms. The molecule has 0 aliphatic carbocycles. The number of anilines is 1. The van der Waals surface area contributed by atoms with E-state index >= 15 is 0 Å². The van der Waals surface area contributed by atoms with Crippen LogP contribution in [0.2, 0.25) is 0 Å². The SMILES string of the molecule is Cc1ccc(C(=O)Nc2cc(Br)ccc2C#N)c(C)n1. The Morgan fingerprint density at radius 1 is 1.30 bits per heavy atom. The first-order valence-electron chi connectivity index (χ1n) is 5.96. The van der Waals surface area contributed by atoms with Crippen molar-refractivity contribution in [3.63, 3.8) is 0 Å². The Hall–Kier alpha value is -2.19. The molecule has 0 bridgehead atoms. The molecule has 1 N–H and O–H groups in total. The van der Waals surface area contributed by atoms with E-state index in [0.29, 0.717) is 22.5 Å². The van der Waals surface area contributed by atoms with Crippen LogP contribution in [0.3, 0.4) is 0 Å². The molecule has 4 nitrogen and oxygen atoms in total. The first-order chi connectivity index (χ1) is 9.51. The highest BCUT2D eigenvalue weighted by atomic mass is 79.9. The molecule has 5 heteroatoms. The van der Waals surface area contributed by atoms with Gasteiger partial charge in [0.2, 0.25) is 0 Å². The molecule has 1 aromatic carbocycles. The molecule has 0 atom stereocenters. The van der Waals surface area contributed by atoms with Crippen molar-refractivity contribution in [1.29, 1.82) is 5.26 Å². The number of halogens is 1. The molecule has 1 amide bonds. The van der Waals surface area contributed by atoms with Crippen LogP contribution >= 0.6 is 15.9 Å². The van der Waals surface area contributed by atoms with Crippen molar-refractivity contribution in [2.24, 2.45) is 0 Å². The monoisotopic (exact) mass is 329 g/mol. The molecule has 1 aromatic heterocycles. The van der Waals surface area contributed by atoms with Crippen LogP contribution in [-0.4, -0.2) is 10.9 Å². The highest BCUT2D eigenvalue weighted by molar-refractivity contribution is 9.10. The van der Waals surface area contributed by atoms with Gasteiger partial charge in [0.05, 0.1) is 22.5 Å². The molecule has 0 radical (unpaired) electrons. The molecule has 0 aliphatic heterocycles. The standard InChI is InChI=1S/C15H12BrN3O/c1-9-3-6-13(10(2)18-9)15(20)19-14-7-12(16)5-4-11(14)8-17/h3-7H,1-2H3,(H,19,20). The molecule has 0 unspecified atom stereocenters. The van der Waals surface area contributed by atoms with Gasteiger partial charge >= 0.3 is 0 Å². The predicted molar refractivity (Wildman–Crippen MR) is 80.5 cm³/mol. The summed E-state index contributed by atoms with van der Waals surface area (Å²) < 4.78 is 0.797. The van der Waals surface area contributed by atoms with Crippen LogP contribution < -0.4 is 5.32 Å². The van der Waals surface area contributed by atoms with Gasteiger partial charge in [-0.25, -0.2) is 0 Å². The van der Waals surface area contributed by atoms with Gasteiger partial charge in [-0.2, -0.15) is 5.26 Å². The van der Waals surface area contributed by atoms with Crippen molar-refractivity contribution in [2.75, 3.05) is 5.32 Å². The lowest BCUT2D eigenvalue weighted by molar-refractivity contribution is 0.102. The van der Waals surface area contributed by atoms with Gasteiger partial charge in [-0.3, -0.25) is 9.78 Å². The van der Waals surface area contributed by atoms with Crippen molar-refractivity contribution >= 4 is 27.5 Å². The lowest BCUT2D eigenvalue weighted by Crippen LogP contribution is -2.15. The molecule has 0 saturated carbocycles. The third-order valence-corrected chi connectivity index (χ3v) is 3.31. The summed E-state index contributed by atoms with van der Waals surface area (Å²) in [4.78, 5) is 16.5. The Morgan fingerprint density at radius 3 is 2.70 bits per heavy atom. The average molecular weight is 330 g/mol. The third kappa shape index (κ3) is 3.03. The number of nitrogens with zero attached hydrogens (tertiary/aromatic N) is 2. The van der Waals surface area contributed by atoms with E-state index in [1.165, 1.54) is 0 Å². The predicted octanol–water partition coefficient (Wildman–Crippen LogP) is 3.58. The largest absolute Gasteiger partial charge is 0.321 e. The first kappa shape index (κ1) is 14.2. The van der Waals surface area contributed by atoms with Crippen molar-refractivity contribution in [3.05, 3.63) is 57.3 Å². The number of benzene rings is 1. The summed E-state index contributed by atoms with van der Waals surface area (Å²) in [7, 11) is 0. The van der Waals surface area contributed by atoms with Crippen LogP contribution in [0.25, 0.3) is 0 Å². The number of hydrogen-bond donors (Lipinski definition) is 1. The van der Waals surface area contributed by atoms with Gasteiger partial charge < -0.3 is 5.32 Å². The van der Waals surface area contributed by atoms with Crippen molar-refractivity contribution < 1.29 is 4.79 Å². The highest BCUT2D eigenvalue weighted by Gasteiger charge is 2.12. The minimum atomic E-state index is -0.274. The fourth-order valence-corrected chi connectivity index (χ4v) is 2.19. The van der Waals surface area contributed by atoms with E-state index in [-0.39, 0.29) is 5.91 Å². The second kappa shape index (κ2) is 5.85. The maximum Gasteiger partial charge on any atom is 0.257 e. The number of hydrogen-bond acceptors (Lipinski definition) is 3. The zero-order valence-corrected chi connectivity index (χ0v) is 12.7. The van der Waals surface area contributed by atoms with E-state index < -0.39 is 0 Å². The molecular weight excluding hydrogens is 318 g/mol. The van der Waals surface area contributed by atoms with Crippen LogP contribution in [0.5, 0.6) is 0 Å². The summed E-state index contributed by atoms with van der Waals surface area (Å²) >= 11 is 3.32. The smallest absolute Gasteiger partial charge is 0.257 e. The second-order valence-corrected chi connectivity index (χ2v) is 5.26. The van der Waals surface area contributed by atoms with Crippen molar-refractivity contribution in [1.82, 2.24) is 4.98 Å². The number of pyridine rings is 1. The second-order valence-electron chi connectivity index (χ2n) is 4.34. The number of amides is 1. The first-order valence-corrected chi connectivity index (χ1v) is 6.76. The van der Waals surface area contributed by atoms with Gasteiger partial charge in [0.1, 0.15) is 6.07 Å². The van der Waals surface area contributed by atoms with E-state index in [4.69, 9.17) is 5.26 Å². The molecule has 0 saturated heterocycles. The average Bonchev–Trinajstić information content (AvgIpc) is 2.38. The van der Waals surface area contributed by atoms with Crippen LogP contribution in [-0.2, 0) is 0 Å². The van der Waals surface area contributed by atoms with Crippen LogP contribution in [0.15, 0.2) is 34.8 Å². The van der Waals surface area contributed by atoms with Gasteiger partial charge in [0.25, 0.3) is 5.91 Å². The number of nitriles is 1. The summed E-state index contributed by atoms with van der Waals surface area (Å²) in [5.41, 5.74) is 2.92. The number of carbonyl (C=O) groups is 1. The molecule has 2 rings (SSSR count). The minimum Gasteiger partial charge on any atom is -0.321 e. The van der Waals surface area contributed by atoms with Crippen molar-refractivity contribution in [2.45, 2.75) is 13.8 Å². The maximum absolute atomic E-state index is 12.2. The summed E-state index contributed by atoms with van der Waals surface area (Å²) in [5.74, 6) is -0.274. The normalized spacial score (nSPS) is 9.90. The summed E-state index contributed by atoms with van der Waals surface area (Å²) in [6.07, 6.45) is 0. The van der Waals surface area contributed by atoms with E-state index in [2.05, 4.69) is 32.3 Å². The van der Waals surface area contributed by atoms with Crippen molar-refractivity contribution in [3.8, 4) is 6.07 Å². The van der Waals surface area contributed by atoms with E-state index in [0.717, 1.165) is 10.2 Å². The summed E-state index contributed by atoms with van der Waals surface area (Å²) in [5, 5.41) is 11.8. The topological polar surface area (TPSA) is 65.8 Å². The Morgan fingerprint density at radius 2 is 2.05 bits per heavy atom. The zero-order chi connectivity index (χ0) is 14.7. The third-order valence-electron chi connectivity index (χ3n) is 2.82. The Bertz CT molecular complexity index is 720. The lowest BCUT2D eigenvalue weighted by atomic mass is 10.1. The number of rotatable bonds is 2. The van der Waals surface area contributed by atoms with Crippen LogP contribution in [0.1, 0.15) is 27.3 Å². The van der Waals surface area contributed by atoms with Gasteiger partial charge in [-0.15, -0.1) is 0 Å². The van der Waals surface area contributed by atoms with Crippen LogP contribution in [0, 0.1) is 25.2 Å². The quantitative estimate of drug-likeness (QED) is 0.915. The fraction of sp³-hybridized carbons (Fsp3) is 0.133. The molecular formula is C15H12BrN3O. The van der Waals surface area contributed by atoms with E-state index in [9.17, 15) is 4.79 Å². The van der Waals surface area contributed by atoms with Gasteiger partial charge in [-0.1, -0.05) is 15.9 Å². The number of aryl methyl sites for hydroxylation is 2. The zero-order valence-electron chi connectivity index (χ0n) is 11.1. The van der Waals surface area contributed by atoms with E-state index in [1.54, 1.807) is 37.3 Å². The Labute approximate surface area is 125 Å². The molecule has 1 heterocycles. The van der Waals surface area contributed by atoms with Gasteiger partial charge in [0.15, 0.2) is 0 Å². The maximum atomic E-state index is 12.2. The number of carbonyl (C=O) groups excluding carboxylic acids is 1. The van der Waals surface area contributed by atoms with E-state index in [1.807, 2.05) is 6.92 Å². The highest BCUT2D eigenvalue weighted by Crippen LogP contribution is 2.21. The lowest BCUT2D eigenvalue weighted by Gasteiger charge is -2.09. The molecule has 2 aromatic rings. The van der Waals surface area contributed by atoms with Gasteiger partial charge in [-0.05, 0) is 44.2 Å². The molecule has 100 valence electrons. The molecule has 20 heavy (non-hydrogen) atoms. The van der Waals surface area contributed by atoms with Gasteiger partial charge in [0, 0.05) is 10.2 Å². The minimum absolute atomic E-state index is 0.274. The summed E-state index contributed by atoms with van der Waals surface area (Å²) in [6.45, 7) is 3.66. The number of aromatic nitrogens is 1. The molecule has 0 fully saturated rings. The van der Waals surface area contributed by atoms with Crippen LogP contribution in [0.4, 0.5) is 5.69 Å². The summed E-state index contributed by atoms with van der Waals surface area (Å²) in [6, 6.07) is 10.7. The molecule has 0 aliphatic rings. The Balaban J connectivity index is 2.33. The number of nitrogens with one attached hydrogen (secondary N) is 1. The fourth-order valence-electron chi connectivity index (χ4n) is 1.83.